The Bertz CT molecular complexity index is 641. The van der Waals surface area contributed by atoms with Crippen molar-refractivity contribution in [3.63, 3.8) is 0 Å². The number of aryl methyl sites for hydroxylation is 1. The number of amides is 1. The smallest absolute Gasteiger partial charge is 0.207 e. The standard InChI is InChI=1S/C21H26N2O/c1-2-17-3-7-19(8-4-17)20-11-13-23(14-12-20)21-9-5-18(6-10-21)15-22-16-24/h3-10,16,20H,2,11-15H2,1H3,(H,22,24). The molecule has 1 aliphatic rings. The van der Waals surface area contributed by atoms with E-state index in [9.17, 15) is 4.79 Å². The van der Waals surface area contributed by atoms with Crippen molar-refractivity contribution in [3.8, 4) is 0 Å². The third kappa shape index (κ3) is 3.97. The van der Waals surface area contributed by atoms with Crippen molar-refractivity contribution < 1.29 is 4.79 Å². The second-order valence-corrected chi connectivity index (χ2v) is 6.52. The second kappa shape index (κ2) is 8.00. The lowest BCUT2D eigenvalue weighted by Crippen LogP contribution is -2.32. The number of anilines is 1. The molecule has 1 heterocycles. The maximum atomic E-state index is 10.4. The van der Waals surface area contributed by atoms with Gasteiger partial charge in [-0.2, -0.15) is 0 Å². The van der Waals surface area contributed by atoms with Gasteiger partial charge in [-0.3, -0.25) is 4.79 Å². The van der Waals surface area contributed by atoms with Crippen LogP contribution in [-0.4, -0.2) is 19.5 Å². The van der Waals surface area contributed by atoms with E-state index in [4.69, 9.17) is 0 Å². The van der Waals surface area contributed by atoms with E-state index in [0.717, 1.165) is 31.5 Å². The summed E-state index contributed by atoms with van der Waals surface area (Å²) in [5.41, 5.74) is 5.32. The first-order chi connectivity index (χ1) is 11.8. The summed E-state index contributed by atoms with van der Waals surface area (Å²) >= 11 is 0. The van der Waals surface area contributed by atoms with E-state index in [0.29, 0.717) is 12.5 Å². The molecule has 1 fully saturated rings. The zero-order chi connectivity index (χ0) is 16.8. The summed E-state index contributed by atoms with van der Waals surface area (Å²) in [4.78, 5) is 12.8. The van der Waals surface area contributed by atoms with Crippen molar-refractivity contribution in [1.29, 1.82) is 0 Å². The minimum atomic E-state index is 0.597. The number of benzene rings is 2. The Kier molecular flexibility index (Phi) is 5.52. The molecular formula is C21H26N2O. The van der Waals surface area contributed by atoms with Gasteiger partial charge in [-0.05, 0) is 54.0 Å². The Morgan fingerprint density at radius 2 is 1.62 bits per heavy atom. The van der Waals surface area contributed by atoms with Gasteiger partial charge in [-0.25, -0.2) is 0 Å². The van der Waals surface area contributed by atoms with E-state index in [1.807, 2.05) is 0 Å². The van der Waals surface area contributed by atoms with Crippen LogP contribution in [-0.2, 0) is 17.8 Å². The van der Waals surface area contributed by atoms with Crippen molar-refractivity contribution in [1.82, 2.24) is 5.32 Å². The average molecular weight is 322 g/mol. The van der Waals surface area contributed by atoms with Crippen LogP contribution in [0, 0.1) is 0 Å². The van der Waals surface area contributed by atoms with Crippen molar-refractivity contribution >= 4 is 12.1 Å². The van der Waals surface area contributed by atoms with E-state index in [2.05, 4.69) is 65.7 Å². The first kappa shape index (κ1) is 16.6. The van der Waals surface area contributed by atoms with Crippen LogP contribution in [0.2, 0.25) is 0 Å². The predicted octanol–water partition coefficient (Wildman–Crippen LogP) is 3.88. The molecule has 0 saturated carbocycles. The van der Waals surface area contributed by atoms with Crippen molar-refractivity contribution in [2.75, 3.05) is 18.0 Å². The predicted molar refractivity (Wildman–Crippen MR) is 99.4 cm³/mol. The minimum absolute atomic E-state index is 0.597. The summed E-state index contributed by atoms with van der Waals surface area (Å²) in [6.07, 6.45) is 4.27. The van der Waals surface area contributed by atoms with Gasteiger partial charge in [0.15, 0.2) is 0 Å². The Balaban J connectivity index is 1.56. The maximum absolute atomic E-state index is 10.4. The van der Waals surface area contributed by atoms with Crippen molar-refractivity contribution in [3.05, 3.63) is 65.2 Å². The Hall–Kier alpha value is -2.29. The summed E-state index contributed by atoms with van der Waals surface area (Å²) in [6.45, 7) is 5.01. The molecule has 1 saturated heterocycles. The van der Waals surface area contributed by atoms with Gasteiger partial charge in [0.2, 0.25) is 6.41 Å². The molecule has 126 valence electrons. The van der Waals surface area contributed by atoms with Gasteiger partial charge in [-0.1, -0.05) is 43.3 Å². The molecule has 3 rings (SSSR count). The fraction of sp³-hybridized carbons (Fsp3) is 0.381. The first-order valence-corrected chi connectivity index (χ1v) is 8.90. The fourth-order valence-corrected chi connectivity index (χ4v) is 3.48. The van der Waals surface area contributed by atoms with E-state index in [1.54, 1.807) is 0 Å². The molecule has 0 spiro atoms. The molecule has 1 aliphatic heterocycles. The molecule has 3 heteroatoms. The third-order valence-electron chi connectivity index (χ3n) is 5.05. The summed E-state index contributed by atoms with van der Waals surface area (Å²) in [6, 6.07) is 17.7. The fourth-order valence-electron chi connectivity index (χ4n) is 3.48. The van der Waals surface area contributed by atoms with Crippen LogP contribution in [0.15, 0.2) is 48.5 Å². The lowest BCUT2D eigenvalue weighted by molar-refractivity contribution is -0.109. The van der Waals surface area contributed by atoms with Gasteiger partial charge in [0.05, 0.1) is 0 Å². The van der Waals surface area contributed by atoms with E-state index < -0.39 is 0 Å². The van der Waals surface area contributed by atoms with Gasteiger partial charge in [0.1, 0.15) is 0 Å². The molecule has 0 aromatic heterocycles. The normalized spacial score (nSPS) is 15.3. The highest BCUT2D eigenvalue weighted by Crippen LogP contribution is 2.30. The summed E-state index contributed by atoms with van der Waals surface area (Å²) in [5, 5.41) is 2.70. The molecule has 0 radical (unpaired) electrons. The number of nitrogens with one attached hydrogen (secondary N) is 1. The minimum Gasteiger partial charge on any atom is -0.371 e. The number of carbonyl (C=O) groups excluding carboxylic acids is 1. The number of carbonyl (C=O) groups is 1. The molecule has 0 bridgehead atoms. The summed E-state index contributed by atoms with van der Waals surface area (Å²) in [5.74, 6) is 0.684. The molecule has 24 heavy (non-hydrogen) atoms. The van der Waals surface area contributed by atoms with Gasteiger partial charge in [-0.15, -0.1) is 0 Å². The van der Waals surface area contributed by atoms with Crippen molar-refractivity contribution in [2.24, 2.45) is 0 Å². The highest BCUT2D eigenvalue weighted by Gasteiger charge is 2.20. The Labute approximate surface area is 144 Å². The van der Waals surface area contributed by atoms with E-state index >= 15 is 0 Å². The third-order valence-corrected chi connectivity index (χ3v) is 5.05. The van der Waals surface area contributed by atoms with Crippen LogP contribution in [0.25, 0.3) is 0 Å². The van der Waals surface area contributed by atoms with Crippen LogP contribution in [0.4, 0.5) is 5.69 Å². The lowest BCUT2D eigenvalue weighted by atomic mass is 9.88. The number of piperidine rings is 1. The van der Waals surface area contributed by atoms with E-state index in [1.165, 1.54) is 29.7 Å². The first-order valence-electron chi connectivity index (χ1n) is 8.90. The summed E-state index contributed by atoms with van der Waals surface area (Å²) < 4.78 is 0. The molecule has 1 N–H and O–H groups in total. The molecule has 2 aromatic rings. The highest BCUT2D eigenvalue weighted by molar-refractivity contribution is 5.50. The van der Waals surface area contributed by atoms with Crippen molar-refractivity contribution in [2.45, 2.75) is 38.6 Å². The molecule has 0 aliphatic carbocycles. The molecule has 3 nitrogen and oxygen atoms in total. The van der Waals surface area contributed by atoms with Crippen LogP contribution in [0.5, 0.6) is 0 Å². The Morgan fingerprint density at radius 3 is 2.21 bits per heavy atom. The zero-order valence-corrected chi connectivity index (χ0v) is 14.4. The lowest BCUT2D eigenvalue weighted by Gasteiger charge is -2.34. The van der Waals surface area contributed by atoms with Gasteiger partial charge < -0.3 is 10.2 Å². The van der Waals surface area contributed by atoms with E-state index in [-0.39, 0.29) is 0 Å². The zero-order valence-electron chi connectivity index (χ0n) is 14.4. The SMILES string of the molecule is CCc1ccc(C2CCN(c3ccc(CNC=O)cc3)CC2)cc1. The van der Waals surface area contributed by atoms with Crippen LogP contribution < -0.4 is 10.2 Å². The quantitative estimate of drug-likeness (QED) is 0.819. The monoisotopic (exact) mass is 322 g/mol. The topological polar surface area (TPSA) is 32.3 Å². The maximum Gasteiger partial charge on any atom is 0.207 e. The van der Waals surface area contributed by atoms with Crippen LogP contribution in [0.3, 0.4) is 0 Å². The molecule has 2 aromatic carbocycles. The molecular weight excluding hydrogens is 296 g/mol. The molecule has 0 atom stereocenters. The number of hydrogen-bond acceptors (Lipinski definition) is 2. The number of hydrogen-bond donors (Lipinski definition) is 1. The molecule has 0 unspecified atom stereocenters. The highest BCUT2D eigenvalue weighted by atomic mass is 16.1. The second-order valence-electron chi connectivity index (χ2n) is 6.52. The summed E-state index contributed by atoms with van der Waals surface area (Å²) in [7, 11) is 0. The average Bonchev–Trinajstić information content (AvgIpc) is 2.67. The van der Waals surface area contributed by atoms with Crippen LogP contribution in [0.1, 0.15) is 42.4 Å². The molecule has 1 amide bonds. The number of rotatable bonds is 6. The Morgan fingerprint density at radius 1 is 1.00 bits per heavy atom. The van der Waals surface area contributed by atoms with Crippen LogP contribution >= 0.6 is 0 Å². The largest absolute Gasteiger partial charge is 0.371 e. The van der Waals surface area contributed by atoms with Gasteiger partial charge >= 0.3 is 0 Å². The van der Waals surface area contributed by atoms with Gasteiger partial charge in [0, 0.05) is 25.3 Å². The number of nitrogens with zero attached hydrogens (tertiary/aromatic N) is 1. The van der Waals surface area contributed by atoms with Gasteiger partial charge in [0.25, 0.3) is 0 Å².